The molecule has 0 aliphatic rings. The summed E-state index contributed by atoms with van der Waals surface area (Å²) in [4.78, 5) is 54.2. The second-order valence-electron chi connectivity index (χ2n) is 18.9. The first-order valence-electron chi connectivity index (χ1n) is 24.1. The average Bonchev–Trinajstić information content (AvgIpc) is 3.38. The van der Waals surface area contributed by atoms with Gasteiger partial charge in [-0.05, 0) is 62.4 Å². The maximum atomic E-state index is 10.9. The Bertz CT molecular complexity index is 2090. The first-order chi connectivity index (χ1) is 36.8. The first-order valence-corrected chi connectivity index (χ1v) is 43.4. The summed E-state index contributed by atoms with van der Waals surface area (Å²) in [5.41, 5.74) is 50.5. The van der Waals surface area contributed by atoms with Gasteiger partial charge in [-0.1, -0.05) is 152 Å². The van der Waals surface area contributed by atoms with E-state index in [0.29, 0.717) is 28.8 Å². The van der Waals surface area contributed by atoms with E-state index in [9.17, 15) is 24.0 Å². The molecule has 0 aliphatic heterocycles. The molecule has 0 heterocycles. The topological polar surface area (TPSA) is 340 Å². The minimum absolute atomic E-state index is 0.278. The summed E-state index contributed by atoms with van der Waals surface area (Å²) < 4.78 is 0. The molecule has 0 radical (unpaired) electrons. The predicted octanol–water partition coefficient (Wildman–Crippen LogP) is 8.87. The second kappa shape index (κ2) is 41.7. The van der Waals surface area contributed by atoms with Gasteiger partial charge < -0.3 is 56.7 Å². The maximum absolute atomic E-state index is 10.9. The monoisotopic (exact) mass is 1550 g/mol. The van der Waals surface area contributed by atoms with Gasteiger partial charge in [-0.15, -0.1) is 0 Å². The molecule has 0 aromatic heterocycles. The van der Waals surface area contributed by atoms with Crippen molar-refractivity contribution >= 4 is 148 Å². The van der Waals surface area contributed by atoms with Crippen LogP contribution in [0.4, 0.5) is 0 Å². The van der Waals surface area contributed by atoms with Crippen molar-refractivity contribution in [2.24, 2.45) is 51.6 Å². The summed E-state index contributed by atoms with van der Waals surface area (Å²) in [7, 11) is 0. The normalized spacial score (nSPS) is 14.3. The third-order valence-corrected chi connectivity index (χ3v) is 17.0. The molecule has 0 fully saturated rings. The number of hydrogen-bond donors (Lipinski definition) is 10. The molecule has 0 spiro atoms. The van der Waals surface area contributed by atoms with Gasteiger partial charge in [-0.2, -0.15) is 58.8 Å². The van der Waals surface area contributed by atoms with Gasteiger partial charge >= 0.3 is 70.8 Å². The van der Waals surface area contributed by atoms with Crippen LogP contribution in [0.3, 0.4) is 0 Å². The Morgan fingerprint density at radius 2 is 0.494 bits per heavy atom. The van der Waals surface area contributed by atoms with Crippen molar-refractivity contribution in [2.45, 2.75) is 91.1 Å². The zero-order chi connectivity index (χ0) is 60.1. The Hall–Kier alpha value is -2.23. The number of carbonyl (C=O) groups excluding carboxylic acids is 4. The summed E-state index contributed by atoms with van der Waals surface area (Å²) in [6.45, 7) is 8.18. The van der Waals surface area contributed by atoms with Gasteiger partial charge in [0.1, 0.15) is 27.7 Å². The van der Waals surface area contributed by atoms with Gasteiger partial charge in [0.2, 0.25) is 23.6 Å². The van der Waals surface area contributed by atoms with Crippen LogP contribution >= 0.6 is 119 Å². The van der Waals surface area contributed by atoms with Gasteiger partial charge in [0.05, 0.1) is 0 Å². The number of amides is 4. The molecule has 5 aromatic rings. The molecule has 1 unspecified atom stereocenters. The van der Waals surface area contributed by atoms with E-state index in [0.717, 1.165) is 28.8 Å². The van der Waals surface area contributed by atoms with E-state index in [1.165, 1.54) is 46.5 Å². The fraction of sp³-hybridized carbons (Fsp3) is 0.364. The zero-order valence-electron chi connectivity index (χ0n) is 45.3. The molecule has 0 bridgehead atoms. The Balaban J connectivity index is 0.000000945. The Morgan fingerprint density at radius 3 is 0.620 bits per heavy atom. The molecule has 4 amide bonds. The van der Waals surface area contributed by atoms with E-state index in [2.05, 4.69) is 59.9 Å². The number of carbonyl (C=O) groups is 5. The van der Waals surface area contributed by atoms with Gasteiger partial charge in [0, 0.05) is 57.5 Å². The number of carboxylic acid groups (broad SMARTS) is 1. The number of carboxylic acids is 1. The number of halogens is 3. The number of nitrogens with two attached hydrogens (primary N) is 9. The summed E-state index contributed by atoms with van der Waals surface area (Å²) in [6, 6.07) is 50.1. The van der Waals surface area contributed by atoms with E-state index < -0.39 is 57.3 Å². The summed E-state index contributed by atoms with van der Waals surface area (Å²) in [6.07, 6.45) is 0. The molecule has 15 nitrogen and oxygen atoms in total. The van der Waals surface area contributed by atoms with Gasteiger partial charge in [0.15, 0.2) is 0 Å². The van der Waals surface area contributed by atoms with Crippen molar-refractivity contribution in [3.63, 3.8) is 0 Å². The molecular weight excluding hydrogens is 1470 g/mol. The van der Waals surface area contributed by atoms with E-state index in [4.69, 9.17) is 56.7 Å². The van der Waals surface area contributed by atoms with Gasteiger partial charge in [-0.25, -0.2) is 0 Å². The van der Waals surface area contributed by atoms with Crippen LogP contribution in [0.15, 0.2) is 152 Å². The molecule has 436 valence electrons. The standard InChI is InChI=1S/4C11H16N2OS.C11H15NO2S.3HI.V/c4*1-11(13,10(12)14)8-15-7-9-5-3-2-4-6-9;1-11(12,10(13)14)8-15-7-9-5-3-2-4-6-9;;;;/h4*2-6H,7-8,13H2,1H3,(H2,12,14);2-6H,7-8,12H2,1H3,(H,13,14);3*1H;/q;;;;;;;;+3/p-3/t3*11-;;11-;;;;/m100.1..../s1. The molecule has 79 heavy (non-hydrogen) atoms. The fourth-order valence-electron chi connectivity index (χ4n) is 5.12. The number of rotatable bonds is 25. The number of benzene rings is 5. The fourth-order valence-corrected chi connectivity index (χ4v) is 10.6. The Morgan fingerprint density at radius 1 is 0.354 bits per heavy atom. The molecule has 5 aromatic carbocycles. The van der Waals surface area contributed by atoms with Crippen molar-refractivity contribution < 1.29 is 34.0 Å². The zero-order valence-corrected chi connectivity index (χ0v) is 57.3. The van der Waals surface area contributed by atoms with Crippen molar-refractivity contribution in [1.29, 1.82) is 0 Å². The molecule has 0 saturated carbocycles. The number of hydrogen-bond acceptors (Lipinski definition) is 15. The third kappa shape index (κ3) is 39.0. The van der Waals surface area contributed by atoms with Gasteiger partial charge in [0.25, 0.3) is 0 Å². The predicted molar refractivity (Wildman–Crippen MR) is 362 cm³/mol. The van der Waals surface area contributed by atoms with Crippen LogP contribution in [0.2, 0.25) is 0 Å². The second-order valence-corrected chi connectivity index (χ2v) is 59.2. The SMILES string of the molecule is CC(N)(CSCc1ccccc1)C(N)=O.C[C@@](N)(CSCc1ccccc1)C(=O)O.C[C@@](N)(CSCc1ccccc1)C(N)=O.C[C@](N)(CSCc1ccccc1)C(N)=O.C[C@](N)(CSCc1ccccc1)C(N)=O.[I][V]([I])[I]. The summed E-state index contributed by atoms with van der Waals surface area (Å²) >= 11 is 15.4. The molecule has 5 rings (SSSR count). The van der Waals surface area contributed by atoms with Crippen LogP contribution in [0.1, 0.15) is 62.4 Å². The van der Waals surface area contributed by atoms with Crippen LogP contribution in [-0.4, -0.2) is 91.2 Å². The summed E-state index contributed by atoms with van der Waals surface area (Å²) in [5, 5.41) is 8.80. The van der Waals surface area contributed by atoms with Crippen molar-refractivity contribution in [1.82, 2.24) is 0 Å². The Labute approximate surface area is 527 Å². The minimum atomic E-state index is -1.14. The van der Waals surface area contributed by atoms with Crippen LogP contribution in [0.5, 0.6) is 0 Å². The molecule has 19 N–H and O–H groups in total. The molecule has 24 heteroatoms. The van der Waals surface area contributed by atoms with Crippen molar-refractivity contribution in [3.05, 3.63) is 179 Å². The number of primary amides is 4. The number of thioether (sulfide) groups is 5. The first kappa shape index (κ1) is 76.8. The average molecular weight is 1550 g/mol. The molecule has 5 atom stereocenters. The number of aliphatic carboxylic acids is 1. The third-order valence-electron chi connectivity index (χ3n) is 10.3. The van der Waals surface area contributed by atoms with Crippen molar-refractivity contribution in [2.75, 3.05) is 28.8 Å². The quantitative estimate of drug-likeness (QED) is 0.0244. The van der Waals surface area contributed by atoms with E-state index in [-0.39, 0.29) is 4.92 Å². The van der Waals surface area contributed by atoms with Crippen LogP contribution < -0.4 is 51.6 Å². The molecular formula is C55H79I3N9O6S5V. The summed E-state index contributed by atoms with van der Waals surface area (Å²) in [5.74, 6) is 3.98. The molecule has 0 aliphatic carbocycles. The van der Waals surface area contributed by atoms with E-state index in [1.54, 1.807) is 74.7 Å². The van der Waals surface area contributed by atoms with Crippen LogP contribution in [0.25, 0.3) is 0 Å². The van der Waals surface area contributed by atoms with E-state index >= 15 is 0 Å². The molecule has 0 saturated heterocycles. The van der Waals surface area contributed by atoms with Crippen molar-refractivity contribution in [3.8, 4) is 0 Å². The van der Waals surface area contributed by atoms with E-state index in [1.807, 2.05) is 152 Å². The van der Waals surface area contributed by atoms with Crippen LogP contribution in [-0.2, 0) is 57.7 Å². The van der Waals surface area contributed by atoms with Gasteiger partial charge in [-0.3, -0.25) is 24.0 Å². The Kier molecular flexibility index (Phi) is 40.5. The van der Waals surface area contributed by atoms with Crippen LogP contribution in [0, 0.1) is 0 Å².